The van der Waals surface area contributed by atoms with Gasteiger partial charge in [0.25, 0.3) is 5.91 Å². The number of para-hydroxylation sites is 1. The number of carbonyl (C=O) groups is 1. The summed E-state index contributed by atoms with van der Waals surface area (Å²) in [7, 11) is -3.34. The number of nitrogens with zero attached hydrogens (tertiary/aromatic N) is 5. The van der Waals surface area contributed by atoms with Crippen LogP contribution in [0.5, 0.6) is 5.75 Å². The minimum atomic E-state index is -3.34. The van der Waals surface area contributed by atoms with Crippen LogP contribution in [0.3, 0.4) is 0 Å². The number of hydrogen-bond donors (Lipinski definition) is 3. The number of amides is 1. The van der Waals surface area contributed by atoms with Crippen molar-refractivity contribution in [3.8, 4) is 5.75 Å². The minimum Gasteiger partial charge on any atom is -0.487 e. The van der Waals surface area contributed by atoms with Crippen molar-refractivity contribution in [2.24, 2.45) is 0 Å². The van der Waals surface area contributed by atoms with E-state index in [4.69, 9.17) is 4.74 Å². The van der Waals surface area contributed by atoms with E-state index in [1.165, 1.54) is 11.3 Å². The quantitative estimate of drug-likeness (QED) is 0.146. The van der Waals surface area contributed by atoms with Crippen LogP contribution < -0.4 is 10.1 Å². The molecule has 10 nitrogen and oxygen atoms in total. The number of ether oxygens (including phenoxy) is 1. The number of hydrogen-bond acceptors (Lipinski definition) is 9. The third-order valence-electron chi connectivity index (χ3n) is 9.13. The van der Waals surface area contributed by atoms with Crippen molar-refractivity contribution in [1.29, 1.82) is 0 Å². The highest BCUT2D eigenvalue weighted by molar-refractivity contribution is 8.22. The number of fused-ring (bicyclic) bond motifs is 2. The fourth-order valence-electron chi connectivity index (χ4n) is 6.53. The number of aromatic nitrogens is 4. The number of thiazole rings is 1. The van der Waals surface area contributed by atoms with Crippen molar-refractivity contribution in [2.45, 2.75) is 83.5 Å². The van der Waals surface area contributed by atoms with Crippen LogP contribution in [0.2, 0.25) is 0 Å². The number of aryl methyl sites for hydroxylation is 3. The van der Waals surface area contributed by atoms with Gasteiger partial charge in [-0.1, -0.05) is 48.5 Å². The Balaban J connectivity index is 1.44. The maximum atomic E-state index is 13.4. The molecule has 1 aliphatic rings. The van der Waals surface area contributed by atoms with E-state index in [1.54, 1.807) is 33.4 Å². The summed E-state index contributed by atoms with van der Waals surface area (Å²) in [6.07, 6.45) is 0.519. The predicted octanol–water partition coefficient (Wildman–Crippen LogP) is 7.56. The van der Waals surface area contributed by atoms with Gasteiger partial charge in [-0.2, -0.15) is 4.31 Å². The van der Waals surface area contributed by atoms with Crippen LogP contribution in [-0.2, 0) is 13.1 Å². The first-order chi connectivity index (χ1) is 22.4. The molecule has 1 amide bonds. The number of carbonyl (C=O) groups excluding carboxylic acids is 1. The van der Waals surface area contributed by atoms with E-state index in [0.717, 1.165) is 45.3 Å². The van der Waals surface area contributed by atoms with Gasteiger partial charge in [-0.25, -0.2) is 9.67 Å². The molecule has 0 aliphatic carbocycles. The van der Waals surface area contributed by atoms with Crippen LogP contribution in [-0.4, -0.2) is 57.5 Å². The molecular formula is C35H42N6O4S2. The second-order valence-corrected chi connectivity index (χ2v) is 15.4. The van der Waals surface area contributed by atoms with Crippen LogP contribution in [0, 0.1) is 13.8 Å². The summed E-state index contributed by atoms with van der Waals surface area (Å²) in [5.41, 5.74) is 8.03. The Morgan fingerprint density at radius 3 is 2.66 bits per heavy atom. The normalized spacial score (nSPS) is 17.8. The Morgan fingerprint density at radius 1 is 1.15 bits per heavy atom. The first-order valence-electron chi connectivity index (χ1n) is 15.9. The molecule has 47 heavy (non-hydrogen) atoms. The second kappa shape index (κ2) is 13.0. The Morgan fingerprint density at radius 2 is 1.94 bits per heavy atom. The molecule has 0 saturated carbocycles. The van der Waals surface area contributed by atoms with Gasteiger partial charge >= 0.3 is 0 Å². The Labute approximate surface area is 281 Å². The fraction of sp³-hybridized carbons (Fsp3) is 0.371. The van der Waals surface area contributed by atoms with Crippen molar-refractivity contribution in [3.63, 3.8) is 0 Å². The molecule has 2 aromatic heterocycles. The van der Waals surface area contributed by atoms with E-state index in [0.29, 0.717) is 36.0 Å². The summed E-state index contributed by atoms with van der Waals surface area (Å²) in [6.45, 7) is 13.6. The van der Waals surface area contributed by atoms with Crippen molar-refractivity contribution >= 4 is 39.1 Å². The lowest BCUT2D eigenvalue weighted by Gasteiger charge is -2.42. The molecule has 0 fully saturated rings. The zero-order valence-corrected chi connectivity index (χ0v) is 29.2. The van der Waals surface area contributed by atoms with Crippen LogP contribution in [0.1, 0.15) is 78.3 Å². The molecule has 2 atom stereocenters. The van der Waals surface area contributed by atoms with E-state index in [2.05, 4.69) is 57.9 Å². The van der Waals surface area contributed by atoms with E-state index < -0.39 is 16.3 Å². The average molecular weight is 675 g/mol. The molecule has 248 valence electrons. The summed E-state index contributed by atoms with van der Waals surface area (Å²) < 4.78 is 33.2. The zero-order valence-electron chi connectivity index (χ0n) is 27.6. The minimum absolute atomic E-state index is 0.202. The average Bonchev–Trinajstić information content (AvgIpc) is 3.72. The summed E-state index contributed by atoms with van der Waals surface area (Å²) in [4.78, 5) is 18.1. The van der Waals surface area contributed by atoms with Crippen molar-refractivity contribution in [2.75, 3.05) is 6.54 Å². The first-order valence-corrected chi connectivity index (χ1v) is 18.3. The summed E-state index contributed by atoms with van der Waals surface area (Å²) in [6, 6.07) is 17.7. The zero-order chi connectivity index (χ0) is 33.5. The van der Waals surface area contributed by atoms with Crippen molar-refractivity contribution in [3.05, 3.63) is 99.0 Å². The topological polar surface area (TPSA) is 126 Å². The standard InChI is InChI=1S/C35H42N6O4S2/c1-7-26-19-40(47(43,44)31-12-10-9-11-30(31)45-26)18-25-17-24(14-13-22(25)3)32(35(5,6)37-34(42)28-20-46-21-36-28)27-15-16-29-33(23(27)4)38-39-41(29)8-2/h9-17,20-21,26,32,43-44H,7-8,18-19H2,1-6H3,(H,37,42)/t26?,32-/m0/s1. The molecule has 0 bridgehead atoms. The lowest BCUT2D eigenvalue weighted by molar-refractivity contribution is 0.0901. The first kappa shape index (κ1) is 33.1. The highest BCUT2D eigenvalue weighted by Crippen LogP contribution is 2.57. The summed E-state index contributed by atoms with van der Waals surface area (Å²) >= 11 is 1.38. The van der Waals surface area contributed by atoms with Gasteiger partial charge in [0.15, 0.2) is 0 Å². The Hall–Kier alpha value is -3.81. The van der Waals surface area contributed by atoms with E-state index in [1.807, 2.05) is 45.4 Å². The van der Waals surface area contributed by atoms with Crippen molar-refractivity contribution in [1.82, 2.24) is 29.6 Å². The van der Waals surface area contributed by atoms with Gasteiger partial charge in [0, 0.05) is 29.9 Å². The fourth-order valence-corrected chi connectivity index (χ4v) is 8.68. The number of benzene rings is 3. The smallest absolute Gasteiger partial charge is 0.271 e. The molecule has 0 spiro atoms. The largest absolute Gasteiger partial charge is 0.487 e. The van der Waals surface area contributed by atoms with E-state index in [-0.39, 0.29) is 17.9 Å². The molecular weight excluding hydrogens is 633 g/mol. The third kappa shape index (κ3) is 6.28. The lowest BCUT2D eigenvalue weighted by Crippen LogP contribution is -2.48. The molecule has 3 heterocycles. The maximum Gasteiger partial charge on any atom is 0.271 e. The van der Waals surface area contributed by atoms with Gasteiger partial charge in [-0.05, 0) is 87.1 Å². The predicted molar refractivity (Wildman–Crippen MR) is 187 cm³/mol. The molecule has 12 heteroatoms. The highest BCUT2D eigenvalue weighted by Gasteiger charge is 2.38. The van der Waals surface area contributed by atoms with Crippen molar-refractivity contribution < 1.29 is 18.6 Å². The van der Waals surface area contributed by atoms with E-state index >= 15 is 0 Å². The monoisotopic (exact) mass is 674 g/mol. The molecule has 3 aromatic carbocycles. The van der Waals surface area contributed by atoms with Crippen LogP contribution in [0.15, 0.2) is 70.4 Å². The molecule has 0 radical (unpaired) electrons. The number of rotatable bonds is 9. The van der Waals surface area contributed by atoms with Crippen LogP contribution in [0.25, 0.3) is 11.0 Å². The van der Waals surface area contributed by atoms with Gasteiger partial charge < -0.3 is 10.1 Å². The van der Waals surface area contributed by atoms with Gasteiger partial charge in [0.1, 0.15) is 28.0 Å². The second-order valence-electron chi connectivity index (χ2n) is 12.7. The van der Waals surface area contributed by atoms with Gasteiger partial charge in [0.2, 0.25) is 0 Å². The molecule has 0 saturated heterocycles. The van der Waals surface area contributed by atoms with Gasteiger partial charge in [0.05, 0.1) is 17.6 Å². The Bertz CT molecular complexity index is 1910. The van der Waals surface area contributed by atoms with Gasteiger partial charge in [-0.15, -0.1) is 27.2 Å². The van der Waals surface area contributed by atoms with Crippen LogP contribution >= 0.6 is 22.1 Å². The maximum absolute atomic E-state index is 13.4. The SMILES string of the molecule is CCC1CN(Cc2cc([C@@H](c3ccc4c(nnn4CC)c3C)C(C)(C)NC(=O)c3cscn3)ccc2C)S(O)(O)c2ccccc2O1. The lowest BCUT2D eigenvalue weighted by atomic mass is 9.74. The summed E-state index contributed by atoms with van der Waals surface area (Å²) in [5.74, 6) is -0.0274. The third-order valence-corrected chi connectivity index (χ3v) is 11.6. The molecule has 3 N–H and O–H groups in total. The molecule has 1 aliphatic heterocycles. The number of nitrogens with one attached hydrogen (secondary N) is 1. The van der Waals surface area contributed by atoms with E-state index in [9.17, 15) is 13.9 Å². The van der Waals surface area contributed by atoms with Gasteiger partial charge in [-0.3, -0.25) is 13.9 Å². The Kier molecular flexibility index (Phi) is 9.16. The molecule has 1 unspecified atom stereocenters. The summed E-state index contributed by atoms with van der Waals surface area (Å²) in [5, 5.41) is 13.9. The van der Waals surface area contributed by atoms with Crippen LogP contribution in [0.4, 0.5) is 0 Å². The molecule has 6 rings (SSSR count). The molecule has 5 aromatic rings. The highest BCUT2D eigenvalue weighted by atomic mass is 32.3.